The van der Waals surface area contributed by atoms with E-state index in [1.165, 1.54) is 6.42 Å². The summed E-state index contributed by atoms with van der Waals surface area (Å²) >= 11 is 0. The van der Waals surface area contributed by atoms with Gasteiger partial charge < -0.3 is 10.4 Å². The monoisotopic (exact) mass is 549 g/mol. The van der Waals surface area contributed by atoms with Crippen molar-refractivity contribution in [2.75, 3.05) is 5.32 Å². The number of azo groups is 1. The SMILES string of the molecule is CCCCCCc1ccc(N=Nc2c(S(=O)(=O)O)cc3cc(S(=O)(=O)O)cc(NC(C)=O)c3c2O)cc1. The third kappa shape index (κ3) is 7.10. The lowest BCUT2D eigenvalue weighted by atomic mass is 10.1. The van der Waals surface area contributed by atoms with Crippen LogP contribution in [0.1, 0.15) is 45.1 Å². The number of phenolic OH excluding ortho intramolecular Hbond substituents is 1. The van der Waals surface area contributed by atoms with Crippen LogP contribution in [-0.2, 0) is 31.5 Å². The van der Waals surface area contributed by atoms with Crippen molar-refractivity contribution in [3.8, 4) is 5.75 Å². The van der Waals surface area contributed by atoms with E-state index in [-0.39, 0.29) is 16.5 Å². The number of amides is 1. The standard InChI is InChI=1S/C24H27N3O8S2/c1-3-4-5-6-7-16-8-10-18(11-9-16)26-27-23-21(37(33,34)35)13-17-12-19(36(30,31)32)14-20(25-15(2)28)22(17)24(23)29/h8-14,29H,3-7H2,1-2H3,(H,25,28)(H,30,31,32)(H,33,34,35). The van der Waals surface area contributed by atoms with Crippen molar-refractivity contribution in [3.63, 3.8) is 0 Å². The third-order valence-corrected chi connectivity index (χ3v) is 7.23. The van der Waals surface area contributed by atoms with Crippen LogP contribution in [0.2, 0.25) is 0 Å². The summed E-state index contributed by atoms with van der Waals surface area (Å²) in [7, 11) is -9.74. The van der Waals surface area contributed by atoms with E-state index in [1.54, 1.807) is 12.1 Å². The fourth-order valence-corrected chi connectivity index (χ4v) is 4.98. The van der Waals surface area contributed by atoms with Crippen molar-refractivity contribution in [2.45, 2.75) is 55.7 Å². The molecule has 0 heterocycles. The topological polar surface area (TPSA) is 183 Å². The second-order valence-electron chi connectivity index (χ2n) is 8.45. The number of phenols is 1. The van der Waals surface area contributed by atoms with Gasteiger partial charge in [-0.1, -0.05) is 38.3 Å². The maximum absolute atomic E-state index is 12.1. The van der Waals surface area contributed by atoms with Gasteiger partial charge >= 0.3 is 0 Å². The van der Waals surface area contributed by atoms with Crippen LogP contribution in [0.25, 0.3) is 10.8 Å². The van der Waals surface area contributed by atoms with E-state index in [4.69, 9.17) is 0 Å². The number of unbranched alkanes of at least 4 members (excludes halogenated alkanes) is 3. The van der Waals surface area contributed by atoms with Crippen LogP contribution in [-0.4, -0.2) is 37.0 Å². The van der Waals surface area contributed by atoms with Gasteiger partial charge in [-0.25, -0.2) is 0 Å². The van der Waals surface area contributed by atoms with E-state index in [2.05, 4.69) is 22.5 Å². The van der Waals surface area contributed by atoms with Gasteiger partial charge in [0.15, 0.2) is 5.75 Å². The summed E-state index contributed by atoms with van der Waals surface area (Å²) in [5, 5.41) is 20.7. The Morgan fingerprint density at radius 2 is 1.59 bits per heavy atom. The number of carbonyl (C=O) groups is 1. The summed E-state index contributed by atoms with van der Waals surface area (Å²) in [4.78, 5) is 10.2. The normalized spacial score (nSPS) is 12.3. The van der Waals surface area contributed by atoms with Crippen LogP contribution >= 0.6 is 0 Å². The summed E-state index contributed by atoms with van der Waals surface area (Å²) in [5.41, 5.74) is 0.587. The molecule has 3 aromatic rings. The zero-order valence-corrected chi connectivity index (χ0v) is 21.8. The van der Waals surface area contributed by atoms with E-state index < -0.39 is 47.4 Å². The van der Waals surface area contributed by atoms with Crippen LogP contribution in [0.4, 0.5) is 17.1 Å². The molecule has 0 aliphatic rings. The van der Waals surface area contributed by atoms with Crippen molar-refractivity contribution < 1.29 is 35.8 Å². The molecule has 0 saturated carbocycles. The maximum Gasteiger partial charge on any atom is 0.296 e. The molecule has 0 fully saturated rings. The minimum atomic E-state index is -4.97. The zero-order valence-electron chi connectivity index (χ0n) is 20.2. The first-order valence-electron chi connectivity index (χ1n) is 11.4. The highest BCUT2D eigenvalue weighted by Crippen LogP contribution is 2.45. The molecule has 0 spiro atoms. The number of hydrogen-bond donors (Lipinski definition) is 4. The summed E-state index contributed by atoms with van der Waals surface area (Å²) in [6, 6.07) is 9.69. The van der Waals surface area contributed by atoms with Crippen LogP contribution < -0.4 is 5.32 Å². The van der Waals surface area contributed by atoms with E-state index >= 15 is 0 Å². The van der Waals surface area contributed by atoms with Crippen LogP contribution in [0.3, 0.4) is 0 Å². The number of rotatable bonds is 10. The summed E-state index contributed by atoms with van der Waals surface area (Å²) in [5.74, 6) is -1.42. The highest BCUT2D eigenvalue weighted by molar-refractivity contribution is 7.86. The largest absolute Gasteiger partial charge is 0.505 e. The fraction of sp³-hybridized carbons (Fsp3) is 0.292. The Balaban J connectivity index is 2.12. The predicted molar refractivity (Wildman–Crippen MR) is 138 cm³/mol. The molecule has 0 aromatic heterocycles. The minimum Gasteiger partial charge on any atom is -0.505 e. The van der Waals surface area contributed by atoms with E-state index in [1.807, 2.05) is 12.1 Å². The Hall–Kier alpha value is -3.39. The lowest BCUT2D eigenvalue weighted by molar-refractivity contribution is -0.114. The molecule has 1 amide bonds. The van der Waals surface area contributed by atoms with Gasteiger partial charge in [-0.05, 0) is 54.1 Å². The van der Waals surface area contributed by atoms with Gasteiger partial charge in [0.2, 0.25) is 5.91 Å². The number of fused-ring (bicyclic) bond motifs is 1. The van der Waals surface area contributed by atoms with Crippen LogP contribution in [0, 0.1) is 0 Å². The molecule has 0 atom stereocenters. The van der Waals surface area contributed by atoms with Gasteiger partial charge in [0.25, 0.3) is 20.2 Å². The molecule has 0 aliphatic heterocycles. The quantitative estimate of drug-likeness (QED) is 0.144. The molecule has 0 aliphatic carbocycles. The lowest BCUT2D eigenvalue weighted by Crippen LogP contribution is -2.08. The van der Waals surface area contributed by atoms with Gasteiger partial charge in [-0.2, -0.15) is 21.9 Å². The summed E-state index contributed by atoms with van der Waals surface area (Å²) < 4.78 is 66.8. The summed E-state index contributed by atoms with van der Waals surface area (Å²) in [6.07, 6.45) is 5.38. The highest BCUT2D eigenvalue weighted by atomic mass is 32.2. The third-order valence-electron chi connectivity index (χ3n) is 5.53. The Morgan fingerprint density at radius 3 is 2.16 bits per heavy atom. The van der Waals surface area contributed by atoms with E-state index in [0.717, 1.165) is 56.4 Å². The van der Waals surface area contributed by atoms with Crippen molar-refractivity contribution in [2.24, 2.45) is 10.2 Å². The Labute approximate surface area is 214 Å². The molecule has 13 heteroatoms. The van der Waals surface area contributed by atoms with Crippen LogP contribution in [0.15, 0.2) is 62.5 Å². The number of aryl methyl sites for hydroxylation is 1. The molecule has 0 radical (unpaired) electrons. The minimum absolute atomic E-state index is 0.175. The highest BCUT2D eigenvalue weighted by Gasteiger charge is 2.25. The molecule has 4 N–H and O–H groups in total. The van der Waals surface area contributed by atoms with Gasteiger partial charge in [-0.15, -0.1) is 5.11 Å². The first kappa shape index (κ1) is 28.2. The second kappa shape index (κ2) is 11.3. The molecule has 3 rings (SSSR count). The number of nitrogens with zero attached hydrogens (tertiary/aromatic N) is 2. The van der Waals surface area contributed by atoms with Gasteiger partial charge in [0.1, 0.15) is 10.6 Å². The molecular formula is C24H27N3O8S2. The first-order chi connectivity index (χ1) is 17.3. The molecule has 0 bridgehead atoms. The molecule has 198 valence electrons. The van der Waals surface area contributed by atoms with Crippen molar-refractivity contribution in [3.05, 3.63) is 48.0 Å². The number of benzene rings is 3. The first-order valence-corrected chi connectivity index (χ1v) is 14.3. The molecule has 3 aromatic carbocycles. The van der Waals surface area contributed by atoms with Crippen molar-refractivity contribution >= 4 is 54.0 Å². The van der Waals surface area contributed by atoms with E-state index in [0.29, 0.717) is 5.69 Å². The maximum atomic E-state index is 12.1. The van der Waals surface area contributed by atoms with Crippen molar-refractivity contribution in [1.82, 2.24) is 0 Å². The number of anilines is 1. The summed E-state index contributed by atoms with van der Waals surface area (Å²) in [6.45, 7) is 3.27. The fourth-order valence-electron chi connectivity index (χ4n) is 3.78. The molecule has 0 unspecified atom stereocenters. The average Bonchev–Trinajstić information content (AvgIpc) is 2.80. The number of nitrogens with one attached hydrogen (secondary N) is 1. The lowest BCUT2D eigenvalue weighted by Gasteiger charge is -2.14. The van der Waals surface area contributed by atoms with Crippen LogP contribution in [0.5, 0.6) is 5.75 Å². The number of aromatic hydroxyl groups is 1. The average molecular weight is 550 g/mol. The van der Waals surface area contributed by atoms with Gasteiger partial charge in [0.05, 0.1) is 16.3 Å². The second-order valence-corrected chi connectivity index (χ2v) is 11.3. The number of hydrogen-bond acceptors (Lipinski definition) is 8. The van der Waals surface area contributed by atoms with Gasteiger partial charge in [0, 0.05) is 12.3 Å². The predicted octanol–water partition coefficient (Wildman–Crippen LogP) is 5.54. The van der Waals surface area contributed by atoms with E-state index in [9.17, 15) is 35.8 Å². The molecule has 0 saturated heterocycles. The Kier molecular flexibility index (Phi) is 8.64. The molecular weight excluding hydrogens is 522 g/mol. The van der Waals surface area contributed by atoms with Crippen molar-refractivity contribution in [1.29, 1.82) is 0 Å². The Morgan fingerprint density at radius 1 is 0.919 bits per heavy atom. The molecule has 37 heavy (non-hydrogen) atoms. The smallest absolute Gasteiger partial charge is 0.296 e. The Bertz CT molecular complexity index is 1570. The number of carbonyl (C=O) groups excluding carboxylic acids is 1. The van der Waals surface area contributed by atoms with Gasteiger partial charge in [-0.3, -0.25) is 13.9 Å². The molecule has 11 nitrogen and oxygen atoms in total. The zero-order chi connectivity index (χ0) is 27.4.